The van der Waals surface area contributed by atoms with Crippen molar-refractivity contribution >= 4 is 39.7 Å². The standard InChI is InChI=1S/C21H23N5O2.C16H13FN4O.C5H11NO/c1-12-19(26-21(11-27)7-3-8-21)25-18-13(4-2-5-16(18)23-12)17-10-14-15(24-17)6-9-22-20(14)28;1-8-15(17)21-14-9(3-2-4-12(14)19-8)13-7-10-11(20-13)5-6-18-16(10)22;6-5(4-7)2-1-3-5/h2,4-5,10,24,27H,3,6-9,11H2,1H3,(H,22,28)(H,25,26);2-4,7,20H,5-6H2,1H3,(H,18,22);7H,1-4,6H2. The molecule has 15 heteroatoms. The van der Waals surface area contributed by atoms with Crippen LogP contribution in [-0.4, -0.2) is 89.3 Å². The third-order valence-corrected chi connectivity index (χ3v) is 11.5. The maximum absolute atomic E-state index is 13.8. The molecule has 2 aromatic carbocycles. The average molecular weight is 775 g/mol. The van der Waals surface area contributed by atoms with Crippen LogP contribution in [-0.2, 0) is 12.8 Å². The van der Waals surface area contributed by atoms with E-state index in [1.54, 1.807) is 19.1 Å². The minimum absolute atomic E-state index is 0.0388. The van der Waals surface area contributed by atoms with Gasteiger partial charge in [-0.25, -0.2) is 19.9 Å². The van der Waals surface area contributed by atoms with Crippen molar-refractivity contribution in [3.8, 4) is 22.5 Å². The van der Waals surface area contributed by atoms with Crippen molar-refractivity contribution in [2.24, 2.45) is 5.73 Å². The molecule has 0 spiro atoms. The summed E-state index contributed by atoms with van der Waals surface area (Å²) in [6.07, 6.45) is 7.72. The number of aryl methyl sites for hydroxylation is 2. The molecule has 2 saturated carbocycles. The van der Waals surface area contributed by atoms with Gasteiger partial charge in [-0.05, 0) is 76.6 Å². The summed E-state index contributed by atoms with van der Waals surface area (Å²) in [5, 5.41) is 27.4. The number of anilines is 1. The van der Waals surface area contributed by atoms with E-state index in [4.69, 9.17) is 20.8 Å². The summed E-state index contributed by atoms with van der Waals surface area (Å²) in [5.74, 6) is 0.0111. The molecule has 0 saturated heterocycles. The van der Waals surface area contributed by atoms with Gasteiger partial charge in [0.25, 0.3) is 11.8 Å². The number of carbonyl (C=O) groups excluding carboxylic acids is 2. The molecule has 2 aliphatic carbocycles. The molecule has 4 aromatic heterocycles. The van der Waals surface area contributed by atoms with E-state index in [2.05, 4.69) is 35.9 Å². The van der Waals surface area contributed by atoms with Gasteiger partial charge < -0.3 is 41.9 Å². The zero-order chi connectivity index (χ0) is 39.9. The van der Waals surface area contributed by atoms with Gasteiger partial charge >= 0.3 is 0 Å². The third-order valence-electron chi connectivity index (χ3n) is 11.5. The molecule has 0 bridgehead atoms. The number of fused-ring (bicyclic) bond motifs is 4. The van der Waals surface area contributed by atoms with Crippen molar-refractivity contribution in [3.05, 3.63) is 88.4 Å². The summed E-state index contributed by atoms with van der Waals surface area (Å²) in [4.78, 5) is 48.5. The number of aromatic nitrogens is 6. The number of rotatable bonds is 6. The Bertz CT molecular complexity index is 2490. The van der Waals surface area contributed by atoms with Crippen LogP contribution in [0.15, 0.2) is 48.5 Å². The highest BCUT2D eigenvalue weighted by atomic mass is 19.1. The smallest absolute Gasteiger partial charge is 0.253 e. The Morgan fingerprint density at radius 2 is 1.25 bits per heavy atom. The van der Waals surface area contributed by atoms with Crippen LogP contribution in [0.4, 0.5) is 10.2 Å². The Labute approximate surface area is 328 Å². The molecule has 9 N–H and O–H groups in total. The third kappa shape index (κ3) is 7.45. The maximum Gasteiger partial charge on any atom is 0.253 e. The minimum Gasteiger partial charge on any atom is -0.394 e. The topological polar surface area (TPSA) is 220 Å². The van der Waals surface area contributed by atoms with Crippen LogP contribution in [0.25, 0.3) is 44.6 Å². The Morgan fingerprint density at radius 1 is 0.719 bits per heavy atom. The fourth-order valence-electron chi connectivity index (χ4n) is 7.71. The Morgan fingerprint density at radius 3 is 1.68 bits per heavy atom. The monoisotopic (exact) mass is 774 g/mol. The average Bonchev–Trinajstić information content (AvgIpc) is 3.83. The van der Waals surface area contributed by atoms with Crippen LogP contribution < -0.4 is 21.7 Å². The molecule has 0 radical (unpaired) electrons. The summed E-state index contributed by atoms with van der Waals surface area (Å²) < 4.78 is 13.8. The highest BCUT2D eigenvalue weighted by Crippen LogP contribution is 2.37. The molecule has 14 nitrogen and oxygen atoms in total. The van der Waals surface area contributed by atoms with E-state index in [1.165, 1.54) is 6.42 Å². The SMILES string of the molecule is Cc1nc2cccc(-c3cc4c([nH]3)CCNC4=O)c2nc1F.Cc1nc2cccc(-c3cc4c([nH]3)CCNC4=O)c2nc1NC1(CO)CCC1.NC1(CO)CCC1. The zero-order valence-electron chi connectivity index (χ0n) is 32.1. The van der Waals surface area contributed by atoms with E-state index in [9.17, 15) is 19.1 Å². The van der Waals surface area contributed by atoms with Crippen molar-refractivity contribution < 1.29 is 24.2 Å². The van der Waals surface area contributed by atoms with E-state index < -0.39 is 5.95 Å². The number of carbonyl (C=O) groups is 2. The Balaban J connectivity index is 0.000000139. The number of para-hydroxylation sites is 2. The molecule has 0 unspecified atom stereocenters. The van der Waals surface area contributed by atoms with Crippen molar-refractivity contribution in [2.75, 3.05) is 31.6 Å². The van der Waals surface area contributed by atoms with E-state index in [0.29, 0.717) is 41.1 Å². The number of nitrogens with two attached hydrogens (primary N) is 1. The van der Waals surface area contributed by atoms with Crippen molar-refractivity contribution in [1.29, 1.82) is 0 Å². The summed E-state index contributed by atoms with van der Waals surface area (Å²) in [6.45, 7) is 5.04. The number of halogens is 1. The quantitative estimate of drug-likeness (QED) is 0.116. The first kappa shape index (κ1) is 38.1. The Hall–Kier alpha value is -5.77. The number of hydrogen-bond acceptors (Lipinski definition) is 10. The predicted molar refractivity (Wildman–Crippen MR) is 215 cm³/mol. The molecular formula is C42H47FN10O4. The first-order valence-electron chi connectivity index (χ1n) is 19.5. The van der Waals surface area contributed by atoms with Crippen LogP contribution in [0, 0.1) is 19.8 Å². The molecule has 2 aliphatic heterocycles. The lowest BCUT2D eigenvalue weighted by Gasteiger charge is -2.41. The number of benzene rings is 2. The molecule has 57 heavy (non-hydrogen) atoms. The summed E-state index contributed by atoms with van der Waals surface area (Å²) in [7, 11) is 0. The highest BCUT2D eigenvalue weighted by molar-refractivity contribution is 6.00. The highest BCUT2D eigenvalue weighted by Gasteiger charge is 2.37. The van der Waals surface area contributed by atoms with Gasteiger partial charge in [0.15, 0.2) is 0 Å². The molecular weight excluding hydrogens is 728 g/mol. The van der Waals surface area contributed by atoms with Crippen LogP contribution in [0.3, 0.4) is 0 Å². The minimum atomic E-state index is -0.575. The van der Waals surface area contributed by atoms with Gasteiger partial charge in [0.1, 0.15) is 16.9 Å². The van der Waals surface area contributed by atoms with Gasteiger partial charge in [-0.1, -0.05) is 24.3 Å². The largest absolute Gasteiger partial charge is 0.394 e. The van der Waals surface area contributed by atoms with Crippen LogP contribution in [0.5, 0.6) is 0 Å². The number of nitrogens with one attached hydrogen (secondary N) is 5. The summed E-state index contributed by atoms with van der Waals surface area (Å²) >= 11 is 0. The van der Waals surface area contributed by atoms with Crippen molar-refractivity contribution in [1.82, 2.24) is 40.5 Å². The zero-order valence-corrected chi connectivity index (χ0v) is 32.1. The number of amides is 2. The number of aliphatic hydroxyl groups is 2. The summed E-state index contributed by atoms with van der Waals surface area (Å²) in [5.41, 5.74) is 15.4. The normalized spacial score (nSPS) is 17.4. The molecule has 6 aromatic rings. The Kier molecular flexibility index (Phi) is 10.2. The van der Waals surface area contributed by atoms with E-state index in [-0.39, 0.29) is 41.8 Å². The van der Waals surface area contributed by atoms with Gasteiger partial charge in [0.2, 0.25) is 5.95 Å². The number of H-pyrrole nitrogens is 2. The lowest BCUT2D eigenvalue weighted by molar-refractivity contribution is 0.0937. The first-order valence-corrected chi connectivity index (χ1v) is 19.5. The maximum atomic E-state index is 13.8. The summed E-state index contributed by atoms with van der Waals surface area (Å²) in [6, 6.07) is 15.1. The van der Waals surface area contributed by atoms with Gasteiger partial charge in [-0.3, -0.25) is 9.59 Å². The molecule has 0 atom stereocenters. The predicted octanol–water partition coefficient (Wildman–Crippen LogP) is 4.76. The van der Waals surface area contributed by atoms with E-state index >= 15 is 0 Å². The van der Waals surface area contributed by atoms with Crippen molar-refractivity contribution in [2.45, 2.75) is 76.3 Å². The number of hydrogen-bond donors (Lipinski definition) is 8. The van der Waals surface area contributed by atoms with Gasteiger partial charge in [0, 0.05) is 65.4 Å². The molecule has 4 aliphatic rings. The van der Waals surface area contributed by atoms with Crippen LogP contribution >= 0.6 is 0 Å². The van der Waals surface area contributed by atoms with Gasteiger partial charge in [-0.2, -0.15) is 4.39 Å². The van der Waals surface area contributed by atoms with Gasteiger partial charge in [0.05, 0.1) is 52.3 Å². The second-order valence-corrected chi connectivity index (χ2v) is 15.6. The molecule has 2 fully saturated rings. The van der Waals surface area contributed by atoms with Crippen LogP contribution in [0.2, 0.25) is 0 Å². The molecule has 296 valence electrons. The van der Waals surface area contributed by atoms with Gasteiger partial charge in [-0.15, -0.1) is 0 Å². The number of aliphatic hydroxyl groups excluding tert-OH is 2. The number of aromatic amines is 2. The number of nitrogens with zero attached hydrogens (tertiary/aromatic N) is 4. The fourth-order valence-corrected chi connectivity index (χ4v) is 7.71. The first-order chi connectivity index (χ1) is 27.5. The fraction of sp³-hybridized carbons (Fsp3) is 0.381. The molecule has 10 rings (SSSR count). The van der Waals surface area contributed by atoms with Crippen LogP contribution in [0.1, 0.15) is 82.0 Å². The lowest BCUT2D eigenvalue weighted by atomic mass is 9.77. The second kappa shape index (κ2) is 15.3. The lowest BCUT2D eigenvalue weighted by Crippen LogP contribution is -2.49. The van der Waals surface area contributed by atoms with E-state index in [1.807, 2.05) is 43.3 Å². The van der Waals surface area contributed by atoms with E-state index in [0.717, 1.165) is 95.6 Å². The molecule has 6 heterocycles. The molecule has 2 amide bonds. The second-order valence-electron chi connectivity index (χ2n) is 15.6. The van der Waals surface area contributed by atoms with Crippen molar-refractivity contribution in [3.63, 3.8) is 0 Å².